The third kappa shape index (κ3) is 2.03. The zero-order chi connectivity index (χ0) is 9.97. The van der Waals surface area contributed by atoms with Gasteiger partial charge in [0.2, 0.25) is 0 Å². The van der Waals surface area contributed by atoms with E-state index in [1.807, 2.05) is 6.92 Å². The molecule has 3 nitrogen and oxygen atoms in total. The van der Waals surface area contributed by atoms with E-state index in [1.165, 1.54) is 25.7 Å². The minimum absolute atomic E-state index is 0.0874. The Morgan fingerprint density at radius 1 is 1.50 bits per heavy atom. The highest BCUT2D eigenvalue weighted by molar-refractivity contribution is 4.96. The largest absolute Gasteiger partial charge is 0.299 e. The van der Waals surface area contributed by atoms with E-state index in [4.69, 9.17) is 0 Å². The standard InChI is InChI=1S/C11H16N2O/c1-9-6-11(14)13(8-12-9)7-10-4-2-3-5-10/h6,8,10H,2-5,7H2,1H3. The summed E-state index contributed by atoms with van der Waals surface area (Å²) in [5, 5.41) is 0. The summed E-state index contributed by atoms with van der Waals surface area (Å²) >= 11 is 0. The monoisotopic (exact) mass is 192 g/mol. The molecule has 1 aromatic rings. The van der Waals surface area contributed by atoms with E-state index in [0.717, 1.165) is 12.2 Å². The van der Waals surface area contributed by atoms with Crippen molar-refractivity contribution in [2.75, 3.05) is 0 Å². The molecule has 0 saturated heterocycles. The van der Waals surface area contributed by atoms with Gasteiger partial charge in [0.05, 0.1) is 6.33 Å². The lowest BCUT2D eigenvalue weighted by atomic mass is 10.1. The van der Waals surface area contributed by atoms with Crippen LogP contribution in [-0.4, -0.2) is 9.55 Å². The van der Waals surface area contributed by atoms with Gasteiger partial charge in [-0.05, 0) is 25.7 Å². The van der Waals surface area contributed by atoms with Crippen molar-refractivity contribution in [3.63, 3.8) is 0 Å². The van der Waals surface area contributed by atoms with Gasteiger partial charge in [-0.15, -0.1) is 0 Å². The van der Waals surface area contributed by atoms with Crippen LogP contribution in [0.2, 0.25) is 0 Å². The van der Waals surface area contributed by atoms with Crippen LogP contribution in [0.1, 0.15) is 31.4 Å². The Morgan fingerprint density at radius 3 is 2.86 bits per heavy atom. The number of aryl methyl sites for hydroxylation is 1. The van der Waals surface area contributed by atoms with Crippen molar-refractivity contribution in [2.45, 2.75) is 39.2 Å². The number of hydrogen-bond donors (Lipinski definition) is 0. The summed E-state index contributed by atoms with van der Waals surface area (Å²) in [6.45, 7) is 2.70. The lowest BCUT2D eigenvalue weighted by molar-refractivity contribution is 0.444. The Bertz CT molecular complexity index is 364. The molecule has 0 bridgehead atoms. The van der Waals surface area contributed by atoms with Gasteiger partial charge in [-0.1, -0.05) is 12.8 Å². The molecular weight excluding hydrogens is 176 g/mol. The maximum atomic E-state index is 11.6. The lowest BCUT2D eigenvalue weighted by Crippen LogP contribution is -2.23. The smallest absolute Gasteiger partial charge is 0.253 e. The summed E-state index contributed by atoms with van der Waals surface area (Å²) in [6.07, 6.45) is 6.84. The highest BCUT2D eigenvalue weighted by Gasteiger charge is 2.15. The van der Waals surface area contributed by atoms with E-state index >= 15 is 0 Å². The average molecular weight is 192 g/mol. The molecule has 0 atom stereocenters. The second-order valence-electron chi connectivity index (χ2n) is 4.17. The van der Waals surface area contributed by atoms with Crippen LogP contribution < -0.4 is 5.56 Å². The van der Waals surface area contributed by atoms with Gasteiger partial charge in [0.1, 0.15) is 0 Å². The molecule has 1 aromatic heterocycles. The van der Waals surface area contributed by atoms with Crippen LogP contribution in [0.5, 0.6) is 0 Å². The molecule has 0 N–H and O–H groups in total. The molecule has 0 unspecified atom stereocenters. The summed E-state index contributed by atoms with van der Waals surface area (Å²) in [5.74, 6) is 0.692. The Kier molecular flexibility index (Phi) is 2.66. The molecule has 1 aliphatic rings. The number of rotatable bonds is 2. The van der Waals surface area contributed by atoms with Crippen molar-refractivity contribution in [3.8, 4) is 0 Å². The minimum atomic E-state index is 0.0874. The fraction of sp³-hybridized carbons (Fsp3) is 0.636. The normalized spacial score (nSPS) is 17.5. The molecular formula is C11H16N2O. The van der Waals surface area contributed by atoms with E-state index < -0.39 is 0 Å². The zero-order valence-electron chi connectivity index (χ0n) is 8.57. The van der Waals surface area contributed by atoms with Crippen LogP contribution in [0, 0.1) is 12.8 Å². The molecule has 3 heteroatoms. The topological polar surface area (TPSA) is 34.9 Å². The third-order valence-corrected chi connectivity index (χ3v) is 2.95. The van der Waals surface area contributed by atoms with E-state index in [2.05, 4.69) is 4.98 Å². The van der Waals surface area contributed by atoms with E-state index in [9.17, 15) is 4.79 Å². The molecule has 76 valence electrons. The highest BCUT2D eigenvalue weighted by atomic mass is 16.1. The highest BCUT2D eigenvalue weighted by Crippen LogP contribution is 2.25. The maximum absolute atomic E-state index is 11.6. The van der Waals surface area contributed by atoms with E-state index in [1.54, 1.807) is 17.0 Å². The molecule has 14 heavy (non-hydrogen) atoms. The summed E-state index contributed by atoms with van der Waals surface area (Å²) < 4.78 is 1.74. The van der Waals surface area contributed by atoms with Crippen LogP contribution in [0.4, 0.5) is 0 Å². The zero-order valence-corrected chi connectivity index (χ0v) is 8.57. The second kappa shape index (κ2) is 3.95. The Balaban J connectivity index is 2.12. The predicted octanol–water partition coefficient (Wildman–Crippen LogP) is 1.74. The SMILES string of the molecule is Cc1cc(=O)n(CC2CCCC2)cn1. The Hall–Kier alpha value is -1.12. The van der Waals surface area contributed by atoms with Gasteiger partial charge < -0.3 is 0 Å². The van der Waals surface area contributed by atoms with Gasteiger partial charge in [0.25, 0.3) is 5.56 Å². The number of nitrogens with zero attached hydrogens (tertiary/aromatic N) is 2. The van der Waals surface area contributed by atoms with Gasteiger partial charge in [0.15, 0.2) is 0 Å². The predicted molar refractivity (Wildman–Crippen MR) is 55.2 cm³/mol. The van der Waals surface area contributed by atoms with Crippen molar-refractivity contribution in [1.29, 1.82) is 0 Å². The van der Waals surface area contributed by atoms with Crippen LogP contribution in [-0.2, 0) is 6.54 Å². The molecule has 0 aromatic carbocycles. The van der Waals surface area contributed by atoms with Gasteiger partial charge >= 0.3 is 0 Å². The first-order chi connectivity index (χ1) is 6.75. The number of hydrogen-bond acceptors (Lipinski definition) is 2. The first-order valence-corrected chi connectivity index (χ1v) is 5.29. The first kappa shape index (κ1) is 9.44. The van der Waals surface area contributed by atoms with Crippen LogP contribution in [0.3, 0.4) is 0 Å². The molecule has 1 saturated carbocycles. The van der Waals surface area contributed by atoms with Gasteiger partial charge in [-0.2, -0.15) is 0 Å². The van der Waals surface area contributed by atoms with Crippen LogP contribution >= 0.6 is 0 Å². The molecule has 2 rings (SSSR count). The molecule has 0 radical (unpaired) electrons. The summed E-state index contributed by atoms with van der Waals surface area (Å²) in [7, 11) is 0. The van der Waals surface area contributed by atoms with Crippen molar-refractivity contribution in [1.82, 2.24) is 9.55 Å². The van der Waals surface area contributed by atoms with E-state index in [0.29, 0.717) is 5.92 Å². The van der Waals surface area contributed by atoms with Crippen LogP contribution in [0.25, 0.3) is 0 Å². The minimum Gasteiger partial charge on any atom is -0.299 e. The quantitative estimate of drug-likeness (QED) is 0.715. The molecule has 1 aliphatic carbocycles. The number of aromatic nitrogens is 2. The molecule has 1 fully saturated rings. The van der Waals surface area contributed by atoms with Crippen molar-refractivity contribution < 1.29 is 0 Å². The average Bonchev–Trinajstić information content (AvgIpc) is 2.62. The summed E-state index contributed by atoms with van der Waals surface area (Å²) in [4.78, 5) is 15.7. The fourth-order valence-corrected chi connectivity index (χ4v) is 2.12. The van der Waals surface area contributed by atoms with Crippen molar-refractivity contribution >= 4 is 0 Å². The summed E-state index contributed by atoms with van der Waals surface area (Å²) in [6, 6.07) is 1.61. The fourth-order valence-electron chi connectivity index (χ4n) is 2.12. The Labute approximate surface area is 83.8 Å². The lowest BCUT2D eigenvalue weighted by Gasteiger charge is -2.10. The molecule has 0 aliphatic heterocycles. The molecule has 0 amide bonds. The van der Waals surface area contributed by atoms with Gasteiger partial charge in [-0.3, -0.25) is 9.36 Å². The summed E-state index contributed by atoms with van der Waals surface area (Å²) in [5.41, 5.74) is 0.891. The van der Waals surface area contributed by atoms with Crippen molar-refractivity contribution in [2.24, 2.45) is 5.92 Å². The molecule has 1 heterocycles. The van der Waals surface area contributed by atoms with Gasteiger partial charge in [-0.25, -0.2) is 4.98 Å². The van der Waals surface area contributed by atoms with Crippen molar-refractivity contribution in [3.05, 3.63) is 28.4 Å². The first-order valence-electron chi connectivity index (χ1n) is 5.29. The Morgan fingerprint density at radius 2 is 2.21 bits per heavy atom. The van der Waals surface area contributed by atoms with Gasteiger partial charge in [0, 0.05) is 18.3 Å². The molecule has 0 spiro atoms. The maximum Gasteiger partial charge on any atom is 0.253 e. The van der Waals surface area contributed by atoms with E-state index in [-0.39, 0.29) is 5.56 Å². The second-order valence-corrected chi connectivity index (χ2v) is 4.17. The van der Waals surface area contributed by atoms with Crippen LogP contribution in [0.15, 0.2) is 17.2 Å². The third-order valence-electron chi connectivity index (χ3n) is 2.95.